The number of amides is 1. The van der Waals surface area contributed by atoms with Crippen molar-refractivity contribution in [2.24, 2.45) is 11.8 Å². The van der Waals surface area contributed by atoms with Crippen molar-refractivity contribution in [3.05, 3.63) is 29.3 Å². The van der Waals surface area contributed by atoms with Crippen LogP contribution in [0.25, 0.3) is 0 Å². The maximum Gasteiger partial charge on any atom is 0.224 e. The monoisotopic (exact) mass is 407 g/mol. The zero-order chi connectivity index (χ0) is 19.9. The lowest BCUT2D eigenvalue weighted by Crippen LogP contribution is -2.54. The lowest BCUT2D eigenvalue weighted by Gasteiger charge is -2.45. The van der Waals surface area contributed by atoms with E-state index in [2.05, 4.69) is 29.0 Å². The third-order valence-corrected chi connectivity index (χ3v) is 6.04. The van der Waals surface area contributed by atoms with Gasteiger partial charge in [0.15, 0.2) is 0 Å². The van der Waals surface area contributed by atoms with Gasteiger partial charge in [0.1, 0.15) is 0 Å². The quantitative estimate of drug-likeness (QED) is 0.747. The lowest BCUT2D eigenvalue weighted by molar-refractivity contribution is -0.116. The third-order valence-electron chi connectivity index (χ3n) is 5.79. The SMILES string of the molecule is CC(C)CN1CC[C@@H](N2CCOCC2)[C@@H](CCC(=O)Nc2ccc(Cl)cc2)C1. The maximum atomic E-state index is 12.5. The number of ether oxygens (including phenoxy) is 1. The normalized spacial score (nSPS) is 24.4. The van der Waals surface area contributed by atoms with Gasteiger partial charge in [-0.2, -0.15) is 0 Å². The van der Waals surface area contributed by atoms with E-state index >= 15 is 0 Å². The fraction of sp³-hybridized carbons (Fsp3) is 0.682. The summed E-state index contributed by atoms with van der Waals surface area (Å²) >= 11 is 5.92. The standard InChI is InChI=1S/C22H34ClN3O2/c1-17(2)15-25-10-9-21(26-11-13-28-14-12-26)18(16-25)3-8-22(27)24-20-6-4-19(23)5-7-20/h4-7,17-18,21H,3,8-16H2,1-2H3,(H,24,27)/t18-,21+/m0/s1. The van der Waals surface area contributed by atoms with Crippen LogP contribution in [0.4, 0.5) is 5.69 Å². The van der Waals surface area contributed by atoms with Crippen LogP contribution in [-0.2, 0) is 9.53 Å². The molecule has 0 radical (unpaired) electrons. The summed E-state index contributed by atoms with van der Waals surface area (Å²) in [4.78, 5) is 17.7. The summed E-state index contributed by atoms with van der Waals surface area (Å²) < 4.78 is 5.55. The first kappa shape index (κ1) is 21.6. The molecule has 1 aromatic rings. The number of rotatable bonds is 7. The number of hydrogen-bond acceptors (Lipinski definition) is 4. The summed E-state index contributed by atoms with van der Waals surface area (Å²) in [5.74, 6) is 1.29. The summed E-state index contributed by atoms with van der Waals surface area (Å²) in [7, 11) is 0. The van der Waals surface area contributed by atoms with Gasteiger partial charge in [-0.15, -0.1) is 0 Å². The van der Waals surface area contributed by atoms with E-state index < -0.39 is 0 Å². The minimum Gasteiger partial charge on any atom is -0.379 e. The zero-order valence-corrected chi connectivity index (χ0v) is 18.0. The van der Waals surface area contributed by atoms with Gasteiger partial charge in [0, 0.05) is 49.4 Å². The van der Waals surface area contributed by atoms with Crippen LogP contribution < -0.4 is 5.32 Å². The van der Waals surface area contributed by atoms with Gasteiger partial charge >= 0.3 is 0 Å². The number of piperidine rings is 1. The molecule has 2 fully saturated rings. The number of anilines is 1. The van der Waals surface area contributed by atoms with E-state index in [1.54, 1.807) is 12.1 Å². The van der Waals surface area contributed by atoms with Gasteiger partial charge in [-0.3, -0.25) is 9.69 Å². The molecular formula is C22H34ClN3O2. The molecule has 1 N–H and O–H groups in total. The predicted octanol–water partition coefficient (Wildman–Crippen LogP) is 3.74. The van der Waals surface area contributed by atoms with Crippen molar-refractivity contribution >= 4 is 23.2 Å². The largest absolute Gasteiger partial charge is 0.379 e. The molecule has 1 amide bonds. The van der Waals surface area contributed by atoms with Gasteiger partial charge in [-0.05, 0) is 55.5 Å². The van der Waals surface area contributed by atoms with Crippen molar-refractivity contribution in [1.29, 1.82) is 0 Å². The van der Waals surface area contributed by atoms with Crippen molar-refractivity contribution in [3.8, 4) is 0 Å². The van der Waals surface area contributed by atoms with Crippen LogP contribution in [-0.4, -0.2) is 67.7 Å². The van der Waals surface area contributed by atoms with Gasteiger partial charge in [-0.1, -0.05) is 25.4 Å². The molecule has 2 saturated heterocycles. The highest BCUT2D eigenvalue weighted by Crippen LogP contribution is 2.27. The van der Waals surface area contributed by atoms with Crippen LogP contribution in [0.1, 0.15) is 33.1 Å². The molecule has 2 aliphatic rings. The first-order valence-electron chi connectivity index (χ1n) is 10.6. The van der Waals surface area contributed by atoms with Crippen LogP contribution in [0.5, 0.6) is 0 Å². The Kier molecular flexibility index (Phi) is 8.15. The molecule has 2 heterocycles. The van der Waals surface area contributed by atoms with Gasteiger partial charge < -0.3 is 15.0 Å². The number of nitrogens with zero attached hydrogens (tertiary/aromatic N) is 2. The maximum absolute atomic E-state index is 12.5. The molecule has 0 aromatic heterocycles. The number of hydrogen-bond donors (Lipinski definition) is 1. The van der Waals surface area contributed by atoms with Gasteiger partial charge in [0.05, 0.1) is 13.2 Å². The lowest BCUT2D eigenvalue weighted by atomic mass is 9.86. The number of carbonyl (C=O) groups is 1. The number of likely N-dealkylation sites (tertiary alicyclic amines) is 1. The summed E-state index contributed by atoms with van der Waals surface area (Å²) in [5.41, 5.74) is 0.809. The first-order chi connectivity index (χ1) is 13.5. The average molecular weight is 408 g/mol. The Labute approximate surface area is 174 Å². The van der Waals surface area contributed by atoms with E-state index in [0.29, 0.717) is 29.3 Å². The number of nitrogens with one attached hydrogen (secondary N) is 1. The Hall–Kier alpha value is -1.14. The van der Waals surface area contributed by atoms with Crippen molar-refractivity contribution < 1.29 is 9.53 Å². The van der Waals surface area contributed by atoms with Gasteiger partial charge in [0.25, 0.3) is 0 Å². The molecule has 28 heavy (non-hydrogen) atoms. The van der Waals surface area contributed by atoms with E-state index in [-0.39, 0.29) is 5.91 Å². The van der Waals surface area contributed by atoms with Gasteiger partial charge in [0.2, 0.25) is 5.91 Å². The molecule has 0 bridgehead atoms. The number of carbonyl (C=O) groups excluding carboxylic acids is 1. The topological polar surface area (TPSA) is 44.8 Å². The molecular weight excluding hydrogens is 374 g/mol. The van der Waals surface area contributed by atoms with Crippen molar-refractivity contribution in [1.82, 2.24) is 9.80 Å². The smallest absolute Gasteiger partial charge is 0.224 e. The fourth-order valence-electron chi connectivity index (χ4n) is 4.52. The van der Waals surface area contributed by atoms with Crippen molar-refractivity contribution in [3.63, 3.8) is 0 Å². The average Bonchev–Trinajstić information content (AvgIpc) is 2.68. The minimum absolute atomic E-state index is 0.0871. The third kappa shape index (κ3) is 6.45. The summed E-state index contributed by atoms with van der Waals surface area (Å²) in [6, 6.07) is 7.87. The summed E-state index contributed by atoms with van der Waals surface area (Å²) in [5, 5.41) is 3.68. The Balaban J connectivity index is 1.56. The number of benzene rings is 1. The zero-order valence-electron chi connectivity index (χ0n) is 17.2. The summed E-state index contributed by atoms with van der Waals surface area (Å²) in [6.07, 6.45) is 2.68. The predicted molar refractivity (Wildman–Crippen MR) is 115 cm³/mol. The highest BCUT2D eigenvalue weighted by molar-refractivity contribution is 6.30. The minimum atomic E-state index is 0.0871. The molecule has 156 valence electrons. The Morgan fingerprint density at radius 3 is 2.61 bits per heavy atom. The van der Waals surface area contributed by atoms with E-state index in [1.165, 1.54) is 6.42 Å². The Morgan fingerprint density at radius 2 is 1.93 bits per heavy atom. The Bertz CT molecular complexity index is 617. The second-order valence-electron chi connectivity index (χ2n) is 8.51. The van der Waals surface area contributed by atoms with Crippen LogP contribution >= 0.6 is 11.6 Å². The Morgan fingerprint density at radius 1 is 1.21 bits per heavy atom. The molecule has 0 saturated carbocycles. The number of morpholine rings is 1. The molecule has 2 atom stereocenters. The molecule has 6 heteroatoms. The van der Waals surface area contributed by atoms with Gasteiger partial charge in [-0.25, -0.2) is 0 Å². The molecule has 1 aromatic carbocycles. The molecule has 2 aliphatic heterocycles. The number of halogens is 1. The molecule has 0 spiro atoms. The highest BCUT2D eigenvalue weighted by atomic mass is 35.5. The second kappa shape index (κ2) is 10.6. The highest BCUT2D eigenvalue weighted by Gasteiger charge is 2.34. The second-order valence-corrected chi connectivity index (χ2v) is 8.95. The van der Waals surface area contributed by atoms with E-state index in [1.807, 2.05) is 12.1 Å². The van der Waals surface area contributed by atoms with E-state index in [4.69, 9.17) is 16.3 Å². The molecule has 0 unspecified atom stereocenters. The van der Waals surface area contributed by atoms with Crippen molar-refractivity contribution in [2.75, 3.05) is 51.3 Å². The van der Waals surface area contributed by atoms with Crippen LogP contribution in [0.2, 0.25) is 5.02 Å². The van der Waals surface area contributed by atoms with E-state index in [0.717, 1.165) is 58.0 Å². The van der Waals surface area contributed by atoms with Crippen LogP contribution in [0, 0.1) is 11.8 Å². The molecule has 0 aliphatic carbocycles. The summed E-state index contributed by atoms with van der Waals surface area (Å²) in [6.45, 7) is 11.6. The molecule has 3 rings (SSSR count). The fourth-order valence-corrected chi connectivity index (χ4v) is 4.65. The van der Waals surface area contributed by atoms with Crippen molar-refractivity contribution in [2.45, 2.75) is 39.2 Å². The molecule has 5 nitrogen and oxygen atoms in total. The van der Waals surface area contributed by atoms with E-state index in [9.17, 15) is 4.79 Å². The van der Waals surface area contributed by atoms with Crippen LogP contribution in [0.3, 0.4) is 0 Å². The van der Waals surface area contributed by atoms with Crippen LogP contribution in [0.15, 0.2) is 24.3 Å². The first-order valence-corrected chi connectivity index (χ1v) is 11.0.